The lowest BCUT2D eigenvalue weighted by atomic mass is 10.2. The average molecular weight is 322 g/mol. The van der Waals surface area contributed by atoms with Crippen molar-refractivity contribution in [3.05, 3.63) is 46.7 Å². The summed E-state index contributed by atoms with van der Waals surface area (Å²) in [6.45, 7) is 5.57. The van der Waals surface area contributed by atoms with Crippen molar-refractivity contribution in [1.82, 2.24) is 15.1 Å². The second-order valence-corrected chi connectivity index (χ2v) is 5.27. The zero-order valence-corrected chi connectivity index (χ0v) is 13.6. The fourth-order valence-corrected chi connectivity index (χ4v) is 2.23. The summed E-state index contributed by atoms with van der Waals surface area (Å²) in [5.74, 6) is 0.482. The Morgan fingerprint density at radius 1 is 1.41 bits per heavy atom. The number of benzene rings is 1. The van der Waals surface area contributed by atoms with Gasteiger partial charge >= 0.3 is 0 Å². The molecule has 6 heteroatoms. The van der Waals surface area contributed by atoms with E-state index < -0.39 is 0 Å². The maximum atomic E-state index is 12.2. The Kier molecular flexibility index (Phi) is 5.83. The van der Waals surface area contributed by atoms with E-state index in [4.69, 9.17) is 16.3 Å². The SMILES string of the molecule is CCOc1ccccc1C(=O)NCCCn1cc(Cl)c(C)n1. The number of halogens is 1. The van der Waals surface area contributed by atoms with Crippen molar-refractivity contribution >= 4 is 17.5 Å². The molecule has 0 saturated carbocycles. The molecule has 0 saturated heterocycles. The van der Waals surface area contributed by atoms with Gasteiger partial charge in [-0.1, -0.05) is 23.7 Å². The number of para-hydroxylation sites is 1. The molecule has 0 spiro atoms. The predicted octanol–water partition coefficient (Wildman–Crippen LogP) is 3.06. The molecular weight excluding hydrogens is 302 g/mol. The van der Waals surface area contributed by atoms with Crippen LogP contribution in [0.2, 0.25) is 5.02 Å². The maximum absolute atomic E-state index is 12.2. The van der Waals surface area contributed by atoms with Gasteiger partial charge in [-0.25, -0.2) is 0 Å². The van der Waals surface area contributed by atoms with Gasteiger partial charge < -0.3 is 10.1 Å². The molecule has 2 aromatic rings. The molecule has 0 fully saturated rings. The van der Waals surface area contributed by atoms with Crippen LogP contribution in [0.15, 0.2) is 30.5 Å². The highest BCUT2D eigenvalue weighted by Crippen LogP contribution is 2.17. The number of hydrogen-bond donors (Lipinski definition) is 1. The summed E-state index contributed by atoms with van der Waals surface area (Å²) in [5, 5.41) is 7.83. The molecule has 0 aliphatic heterocycles. The number of carbonyl (C=O) groups excluding carboxylic acids is 1. The van der Waals surface area contributed by atoms with Crippen molar-refractivity contribution < 1.29 is 9.53 Å². The van der Waals surface area contributed by atoms with Crippen LogP contribution >= 0.6 is 11.6 Å². The standard InChI is InChI=1S/C16H20ClN3O2/c1-3-22-15-8-5-4-7-13(15)16(21)18-9-6-10-20-11-14(17)12(2)19-20/h4-5,7-8,11H,3,6,9-10H2,1-2H3,(H,18,21). The van der Waals surface area contributed by atoms with Crippen LogP contribution in [0.1, 0.15) is 29.4 Å². The molecule has 0 unspecified atom stereocenters. The van der Waals surface area contributed by atoms with E-state index in [1.807, 2.05) is 26.0 Å². The first-order valence-corrected chi connectivity index (χ1v) is 7.69. The van der Waals surface area contributed by atoms with E-state index >= 15 is 0 Å². The number of nitrogens with one attached hydrogen (secondary N) is 1. The van der Waals surface area contributed by atoms with Gasteiger partial charge in [-0.05, 0) is 32.4 Å². The van der Waals surface area contributed by atoms with Crippen molar-refractivity contribution in [2.45, 2.75) is 26.8 Å². The van der Waals surface area contributed by atoms with E-state index in [0.29, 0.717) is 36.0 Å². The number of aryl methyl sites for hydroxylation is 2. The topological polar surface area (TPSA) is 56.1 Å². The van der Waals surface area contributed by atoms with E-state index in [-0.39, 0.29) is 5.91 Å². The molecule has 0 aliphatic carbocycles. The van der Waals surface area contributed by atoms with Crippen molar-refractivity contribution in [3.8, 4) is 5.75 Å². The third-order valence-corrected chi connectivity index (χ3v) is 3.54. The van der Waals surface area contributed by atoms with E-state index in [2.05, 4.69) is 10.4 Å². The highest BCUT2D eigenvalue weighted by atomic mass is 35.5. The van der Waals surface area contributed by atoms with Gasteiger partial charge in [0.2, 0.25) is 0 Å². The average Bonchev–Trinajstić information content (AvgIpc) is 2.83. The summed E-state index contributed by atoms with van der Waals surface area (Å²) in [5.41, 5.74) is 1.37. The number of nitrogens with zero attached hydrogens (tertiary/aromatic N) is 2. The highest BCUT2D eigenvalue weighted by Gasteiger charge is 2.11. The number of ether oxygens (including phenoxy) is 1. The Bertz CT molecular complexity index is 621. The summed E-state index contributed by atoms with van der Waals surface area (Å²) in [6, 6.07) is 7.24. The molecule has 1 aromatic heterocycles. The molecular formula is C16H20ClN3O2. The zero-order chi connectivity index (χ0) is 15.9. The quantitative estimate of drug-likeness (QED) is 0.797. The van der Waals surface area contributed by atoms with Crippen LogP contribution in [-0.4, -0.2) is 28.8 Å². The van der Waals surface area contributed by atoms with E-state index in [1.54, 1.807) is 23.0 Å². The van der Waals surface area contributed by atoms with Gasteiger partial charge in [0.05, 0.1) is 22.9 Å². The first-order valence-electron chi connectivity index (χ1n) is 7.31. The van der Waals surface area contributed by atoms with Crippen LogP contribution in [0.4, 0.5) is 0 Å². The van der Waals surface area contributed by atoms with E-state index in [1.165, 1.54) is 0 Å². The normalized spacial score (nSPS) is 10.5. The minimum Gasteiger partial charge on any atom is -0.493 e. The van der Waals surface area contributed by atoms with Crippen molar-refractivity contribution in [1.29, 1.82) is 0 Å². The molecule has 1 N–H and O–H groups in total. The lowest BCUT2D eigenvalue weighted by Crippen LogP contribution is -2.25. The monoisotopic (exact) mass is 321 g/mol. The number of carbonyl (C=O) groups is 1. The number of rotatable bonds is 7. The molecule has 118 valence electrons. The Balaban J connectivity index is 1.83. The minimum atomic E-state index is -0.126. The third kappa shape index (κ3) is 4.24. The van der Waals surface area contributed by atoms with Crippen LogP contribution in [0, 0.1) is 6.92 Å². The summed E-state index contributed by atoms with van der Waals surface area (Å²) in [7, 11) is 0. The Morgan fingerprint density at radius 3 is 2.86 bits per heavy atom. The van der Waals surface area contributed by atoms with Crippen molar-refractivity contribution in [2.75, 3.05) is 13.2 Å². The van der Waals surface area contributed by atoms with Crippen molar-refractivity contribution in [3.63, 3.8) is 0 Å². The first kappa shape index (κ1) is 16.4. The number of hydrogen-bond acceptors (Lipinski definition) is 3. The van der Waals surface area contributed by atoms with Gasteiger partial charge in [0.25, 0.3) is 5.91 Å². The Labute approximate surface area is 135 Å². The molecule has 0 aliphatic rings. The lowest BCUT2D eigenvalue weighted by Gasteiger charge is -2.10. The minimum absolute atomic E-state index is 0.126. The first-order chi connectivity index (χ1) is 10.6. The molecule has 1 amide bonds. The van der Waals surface area contributed by atoms with Crippen molar-refractivity contribution in [2.24, 2.45) is 0 Å². The maximum Gasteiger partial charge on any atom is 0.255 e. The van der Waals surface area contributed by atoms with Crippen LogP contribution in [0.25, 0.3) is 0 Å². The summed E-state index contributed by atoms with van der Waals surface area (Å²) >= 11 is 5.95. The largest absolute Gasteiger partial charge is 0.493 e. The van der Waals surface area contributed by atoms with Gasteiger partial charge in [0.15, 0.2) is 0 Å². The van der Waals surface area contributed by atoms with Gasteiger partial charge in [-0.15, -0.1) is 0 Å². The molecule has 5 nitrogen and oxygen atoms in total. The van der Waals surface area contributed by atoms with Crippen LogP contribution in [0.3, 0.4) is 0 Å². The molecule has 1 aromatic carbocycles. The smallest absolute Gasteiger partial charge is 0.255 e. The van der Waals surface area contributed by atoms with Crippen LogP contribution in [0.5, 0.6) is 5.75 Å². The van der Waals surface area contributed by atoms with Gasteiger partial charge in [0.1, 0.15) is 5.75 Å². The second-order valence-electron chi connectivity index (χ2n) is 4.86. The third-order valence-electron chi connectivity index (χ3n) is 3.17. The highest BCUT2D eigenvalue weighted by molar-refractivity contribution is 6.31. The predicted molar refractivity (Wildman–Crippen MR) is 86.5 cm³/mol. The Morgan fingerprint density at radius 2 is 2.18 bits per heavy atom. The lowest BCUT2D eigenvalue weighted by molar-refractivity contribution is 0.0949. The Hall–Kier alpha value is -2.01. The molecule has 22 heavy (non-hydrogen) atoms. The van der Waals surface area contributed by atoms with E-state index in [0.717, 1.165) is 12.1 Å². The van der Waals surface area contributed by atoms with Crippen LogP contribution < -0.4 is 10.1 Å². The zero-order valence-electron chi connectivity index (χ0n) is 12.8. The summed E-state index contributed by atoms with van der Waals surface area (Å²) in [6.07, 6.45) is 2.57. The summed E-state index contributed by atoms with van der Waals surface area (Å²) in [4.78, 5) is 12.2. The van der Waals surface area contributed by atoms with E-state index in [9.17, 15) is 4.79 Å². The molecule has 0 bridgehead atoms. The fraction of sp³-hybridized carbons (Fsp3) is 0.375. The molecule has 2 rings (SSSR count). The second kappa shape index (κ2) is 7.84. The van der Waals surface area contributed by atoms with Gasteiger partial charge in [0, 0.05) is 19.3 Å². The summed E-state index contributed by atoms with van der Waals surface area (Å²) < 4.78 is 7.25. The van der Waals surface area contributed by atoms with Crippen LogP contribution in [-0.2, 0) is 6.54 Å². The molecule has 0 radical (unpaired) electrons. The molecule has 1 heterocycles. The molecule has 0 atom stereocenters. The number of amides is 1. The number of aromatic nitrogens is 2. The fourth-order valence-electron chi connectivity index (χ4n) is 2.08. The van der Waals surface area contributed by atoms with Gasteiger partial charge in [-0.2, -0.15) is 5.10 Å². The van der Waals surface area contributed by atoms with Gasteiger partial charge in [-0.3, -0.25) is 9.48 Å².